The summed E-state index contributed by atoms with van der Waals surface area (Å²) >= 11 is 1.44. The van der Waals surface area contributed by atoms with Gasteiger partial charge in [-0.1, -0.05) is 17.8 Å². The maximum atomic E-state index is 12.8. The van der Waals surface area contributed by atoms with Crippen LogP contribution >= 0.6 is 11.8 Å². The largest absolute Gasteiger partial charge is 0.349 e. The summed E-state index contributed by atoms with van der Waals surface area (Å²) in [5.41, 5.74) is 3.02. The lowest BCUT2D eigenvalue weighted by Crippen LogP contribution is -2.37. The van der Waals surface area contributed by atoms with Crippen molar-refractivity contribution in [3.8, 4) is 0 Å². The number of carbonyl (C=O) groups is 1. The Balaban J connectivity index is 1.56. The van der Waals surface area contributed by atoms with E-state index in [-0.39, 0.29) is 11.6 Å². The molecule has 1 aliphatic carbocycles. The fourth-order valence-electron chi connectivity index (χ4n) is 4.07. The molecule has 1 fully saturated rings. The number of amides is 1. The van der Waals surface area contributed by atoms with Crippen molar-refractivity contribution >= 4 is 17.7 Å². The minimum Gasteiger partial charge on any atom is -0.342 e. The van der Waals surface area contributed by atoms with Crippen LogP contribution in [0.5, 0.6) is 0 Å². The molecule has 3 heterocycles. The van der Waals surface area contributed by atoms with E-state index >= 15 is 0 Å². The van der Waals surface area contributed by atoms with Gasteiger partial charge in [-0.3, -0.25) is 14.3 Å². The molecular formula is C21H26N4O2S. The monoisotopic (exact) mass is 398 g/mol. The number of rotatable bonds is 5. The second kappa shape index (κ2) is 8.90. The summed E-state index contributed by atoms with van der Waals surface area (Å²) in [6, 6.07) is 3.87. The van der Waals surface area contributed by atoms with Gasteiger partial charge in [0.25, 0.3) is 0 Å². The summed E-state index contributed by atoms with van der Waals surface area (Å²) in [6.45, 7) is 2.22. The average Bonchev–Trinajstić information content (AvgIpc) is 2.75. The van der Waals surface area contributed by atoms with Gasteiger partial charge < -0.3 is 4.90 Å². The van der Waals surface area contributed by atoms with Gasteiger partial charge in [-0.05, 0) is 56.6 Å². The molecule has 7 heteroatoms. The molecule has 0 unspecified atom stereocenters. The molecule has 0 radical (unpaired) electrons. The van der Waals surface area contributed by atoms with Crippen molar-refractivity contribution in [2.24, 2.45) is 0 Å². The Hall–Kier alpha value is -2.15. The average molecular weight is 399 g/mol. The number of carbonyl (C=O) groups excluding carboxylic acids is 1. The molecule has 0 bridgehead atoms. The standard InChI is InChI=1S/C21H26N4O2S/c26-19(24-11-4-1-5-12-24)15-28-20-17-8-2-3-9-18(17)25(21(27)23-20)14-16-7-6-10-22-13-16/h6-7,10,13H,1-5,8-9,11-12,14-15H2. The summed E-state index contributed by atoms with van der Waals surface area (Å²) in [7, 11) is 0. The van der Waals surface area contributed by atoms with E-state index < -0.39 is 0 Å². The van der Waals surface area contributed by atoms with Gasteiger partial charge in [0.15, 0.2) is 0 Å². The van der Waals surface area contributed by atoms with E-state index in [1.165, 1.54) is 18.2 Å². The van der Waals surface area contributed by atoms with Gasteiger partial charge in [-0.15, -0.1) is 0 Å². The zero-order valence-corrected chi connectivity index (χ0v) is 16.9. The molecule has 0 N–H and O–H groups in total. The van der Waals surface area contributed by atoms with Gasteiger partial charge in [0, 0.05) is 36.7 Å². The first-order valence-corrected chi connectivity index (χ1v) is 11.1. The highest BCUT2D eigenvalue weighted by Gasteiger charge is 2.22. The number of thioether (sulfide) groups is 1. The van der Waals surface area contributed by atoms with E-state index in [0.29, 0.717) is 12.3 Å². The highest BCUT2D eigenvalue weighted by atomic mass is 32.2. The molecule has 2 aromatic rings. The number of piperidine rings is 1. The molecular weight excluding hydrogens is 372 g/mol. The number of pyridine rings is 1. The lowest BCUT2D eigenvalue weighted by Gasteiger charge is -2.27. The van der Waals surface area contributed by atoms with Crippen LogP contribution in [0.15, 0.2) is 34.3 Å². The van der Waals surface area contributed by atoms with Crippen LogP contribution in [0.4, 0.5) is 0 Å². The summed E-state index contributed by atoms with van der Waals surface area (Å²) in [5, 5.41) is 0.757. The maximum absolute atomic E-state index is 12.8. The molecule has 2 aliphatic rings. The first-order chi connectivity index (χ1) is 13.7. The van der Waals surface area contributed by atoms with Crippen LogP contribution in [0.1, 0.15) is 48.9 Å². The lowest BCUT2D eigenvalue weighted by atomic mass is 9.97. The number of fused-ring (bicyclic) bond motifs is 1. The van der Waals surface area contributed by atoms with Crippen LogP contribution in [0, 0.1) is 0 Å². The Bertz CT molecular complexity index is 891. The Morgan fingerprint density at radius 2 is 1.93 bits per heavy atom. The normalized spacial score (nSPS) is 16.6. The second-order valence-corrected chi connectivity index (χ2v) is 8.47. The van der Waals surface area contributed by atoms with E-state index in [2.05, 4.69) is 9.97 Å². The van der Waals surface area contributed by atoms with E-state index in [1.54, 1.807) is 17.0 Å². The molecule has 0 saturated carbocycles. The Kier molecular flexibility index (Phi) is 6.10. The van der Waals surface area contributed by atoms with Gasteiger partial charge in [0.05, 0.1) is 12.3 Å². The number of nitrogens with zero attached hydrogens (tertiary/aromatic N) is 4. The van der Waals surface area contributed by atoms with Crippen LogP contribution in [-0.4, -0.2) is 44.2 Å². The second-order valence-electron chi connectivity index (χ2n) is 7.51. The van der Waals surface area contributed by atoms with Gasteiger partial charge in [0.2, 0.25) is 5.91 Å². The fourth-order valence-corrected chi connectivity index (χ4v) is 5.05. The smallest absolute Gasteiger partial charge is 0.342 e. The first-order valence-electron chi connectivity index (χ1n) is 10.1. The maximum Gasteiger partial charge on any atom is 0.349 e. The van der Waals surface area contributed by atoms with E-state index in [0.717, 1.165) is 73.5 Å². The van der Waals surface area contributed by atoms with E-state index in [1.807, 2.05) is 17.0 Å². The Morgan fingerprint density at radius 1 is 1.11 bits per heavy atom. The molecule has 6 nitrogen and oxygen atoms in total. The summed E-state index contributed by atoms with van der Waals surface area (Å²) < 4.78 is 1.79. The number of likely N-dealkylation sites (tertiary alicyclic amines) is 1. The third-order valence-electron chi connectivity index (χ3n) is 5.56. The molecule has 0 aromatic carbocycles. The van der Waals surface area contributed by atoms with Crippen molar-refractivity contribution in [1.82, 2.24) is 19.4 Å². The van der Waals surface area contributed by atoms with Gasteiger partial charge in [-0.2, -0.15) is 4.98 Å². The lowest BCUT2D eigenvalue weighted by molar-refractivity contribution is -0.129. The molecule has 1 aliphatic heterocycles. The van der Waals surface area contributed by atoms with E-state index in [9.17, 15) is 9.59 Å². The van der Waals surface area contributed by atoms with Crippen molar-refractivity contribution < 1.29 is 4.79 Å². The molecule has 0 spiro atoms. The highest BCUT2D eigenvalue weighted by molar-refractivity contribution is 7.99. The summed E-state index contributed by atoms with van der Waals surface area (Å²) in [5.74, 6) is 0.529. The third-order valence-corrected chi connectivity index (χ3v) is 6.56. The topological polar surface area (TPSA) is 68.1 Å². The van der Waals surface area contributed by atoms with Crippen LogP contribution in [-0.2, 0) is 24.2 Å². The zero-order valence-electron chi connectivity index (χ0n) is 16.1. The summed E-state index contributed by atoms with van der Waals surface area (Å²) in [4.78, 5) is 35.8. The van der Waals surface area contributed by atoms with Crippen molar-refractivity contribution in [3.63, 3.8) is 0 Å². The van der Waals surface area contributed by atoms with Crippen molar-refractivity contribution in [2.45, 2.75) is 56.5 Å². The number of aromatic nitrogens is 3. The number of hydrogen-bond donors (Lipinski definition) is 0. The third kappa shape index (κ3) is 4.29. The van der Waals surface area contributed by atoms with Crippen molar-refractivity contribution in [3.05, 3.63) is 51.8 Å². The molecule has 148 valence electrons. The summed E-state index contributed by atoms with van der Waals surface area (Å²) in [6.07, 6.45) is 10.9. The molecule has 4 rings (SSSR count). The SMILES string of the molecule is O=C(CSc1nc(=O)n(Cc2cccnc2)c2c1CCCC2)N1CCCCC1. The predicted octanol–water partition coefficient (Wildman–Crippen LogP) is 2.67. The molecule has 1 saturated heterocycles. The van der Waals surface area contributed by atoms with Crippen LogP contribution in [0.25, 0.3) is 0 Å². The fraction of sp³-hybridized carbons (Fsp3) is 0.524. The minimum atomic E-state index is -0.225. The Labute approximate surface area is 169 Å². The van der Waals surface area contributed by atoms with Crippen LogP contribution in [0.3, 0.4) is 0 Å². The molecule has 28 heavy (non-hydrogen) atoms. The highest BCUT2D eigenvalue weighted by Crippen LogP contribution is 2.29. The number of hydrogen-bond acceptors (Lipinski definition) is 5. The Morgan fingerprint density at radius 3 is 2.71 bits per heavy atom. The van der Waals surface area contributed by atoms with Crippen molar-refractivity contribution in [1.29, 1.82) is 0 Å². The van der Waals surface area contributed by atoms with Crippen LogP contribution in [0.2, 0.25) is 0 Å². The quantitative estimate of drug-likeness (QED) is 0.572. The van der Waals surface area contributed by atoms with Crippen molar-refractivity contribution in [2.75, 3.05) is 18.8 Å². The molecule has 0 atom stereocenters. The van der Waals surface area contributed by atoms with Gasteiger partial charge in [-0.25, -0.2) is 4.79 Å². The zero-order chi connectivity index (χ0) is 19.3. The van der Waals surface area contributed by atoms with Crippen LogP contribution < -0.4 is 5.69 Å². The van der Waals surface area contributed by atoms with Gasteiger partial charge in [0.1, 0.15) is 5.03 Å². The minimum absolute atomic E-state index is 0.163. The first kappa shape index (κ1) is 19.2. The molecule has 1 amide bonds. The molecule has 2 aromatic heterocycles. The van der Waals surface area contributed by atoms with Gasteiger partial charge >= 0.3 is 5.69 Å². The predicted molar refractivity (Wildman–Crippen MR) is 110 cm³/mol. The van der Waals surface area contributed by atoms with E-state index in [4.69, 9.17) is 0 Å².